The van der Waals surface area contributed by atoms with Crippen LogP contribution in [0.4, 0.5) is 10.5 Å². The molecule has 2 amide bonds. The fraction of sp³-hybridized carbons (Fsp3) is 0.381. The SMILES string of the molecule is CCOc1ccc(NC(=O)N(Cc2cccc(OS(C)(=O)=O)c2)CC(C)C)cc1. The van der Waals surface area contributed by atoms with Crippen molar-refractivity contribution in [2.45, 2.75) is 27.3 Å². The minimum Gasteiger partial charge on any atom is -0.494 e. The van der Waals surface area contributed by atoms with Crippen LogP contribution in [0.25, 0.3) is 0 Å². The highest BCUT2D eigenvalue weighted by molar-refractivity contribution is 7.86. The Balaban J connectivity index is 2.12. The van der Waals surface area contributed by atoms with Gasteiger partial charge < -0.3 is 19.1 Å². The topological polar surface area (TPSA) is 84.9 Å². The number of nitrogens with zero attached hydrogens (tertiary/aromatic N) is 1. The van der Waals surface area contributed by atoms with E-state index >= 15 is 0 Å². The van der Waals surface area contributed by atoms with Gasteiger partial charge in [-0.1, -0.05) is 26.0 Å². The van der Waals surface area contributed by atoms with Gasteiger partial charge in [-0.25, -0.2) is 4.79 Å². The number of anilines is 1. The smallest absolute Gasteiger partial charge is 0.322 e. The molecule has 0 atom stereocenters. The van der Waals surface area contributed by atoms with E-state index in [9.17, 15) is 13.2 Å². The van der Waals surface area contributed by atoms with Gasteiger partial charge in [0, 0.05) is 18.8 Å². The van der Waals surface area contributed by atoms with Crippen molar-refractivity contribution in [1.29, 1.82) is 0 Å². The minimum absolute atomic E-state index is 0.224. The van der Waals surface area contributed by atoms with E-state index < -0.39 is 10.1 Å². The van der Waals surface area contributed by atoms with Crippen LogP contribution in [-0.4, -0.2) is 38.8 Å². The molecule has 158 valence electrons. The Labute approximate surface area is 172 Å². The lowest BCUT2D eigenvalue weighted by molar-refractivity contribution is 0.201. The Morgan fingerprint density at radius 3 is 2.38 bits per heavy atom. The second kappa shape index (κ2) is 10.2. The summed E-state index contributed by atoms with van der Waals surface area (Å²) in [7, 11) is -3.61. The average molecular weight is 421 g/mol. The van der Waals surface area contributed by atoms with Gasteiger partial charge in [-0.05, 0) is 54.8 Å². The van der Waals surface area contributed by atoms with Crippen molar-refractivity contribution in [2.75, 3.05) is 24.7 Å². The number of benzene rings is 2. The maximum Gasteiger partial charge on any atom is 0.322 e. The molecule has 0 aromatic heterocycles. The van der Waals surface area contributed by atoms with Gasteiger partial charge in [-0.3, -0.25) is 0 Å². The van der Waals surface area contributed by atoms with Crippen LogP contribution in [0, 0.1) is 5.92 Å². The summed E-state index contributed by atoms with van der Waals surface area (Å²) in [5.74, 6) is 1.23. The third-order valence-corrected chi connectivity index (χ3v) is 4.30. The third kappa shape index (κ3) is 8.03. The standard InChI is InChI=1S/C21H28N2O5S/c1-5-27-19-11-9-18(10-12-19)22-21(24)23(14-16(2)3)15-17-7-6-8-20(13-17)28-29(4,25)26/h6-13,16H,5,14-15H2,1-4H3,(H,22,24). The molecule has 0 fully saturated rings. The quantitative estimate of drug-likeness (QED) is 0.617. The lowest BCUT2D eigenvalue weighted by Crippen LogP contribution is -2.37. The molecule has 0 aliphatic carbocycles. The molecule has 1 N–H and O–H groups in total. The molecule has 0 unspecified atom stereocenters. The Kier molecular flexibility index (Phi) is 7.90. The number of carbonyl (C=O) groups excluding carboxylic acids is 1. The summed E-state index contributed by atoms with van der Waals surface area (Å²) in [6, 6.07) is 13.7. The van der Waals surface area contributed by atoms with E-state index in [1.807, 2.05) is 26.8 Å². The first-order chi connectivity index (χ1) is 13.7. The molecule has 0 saturated heterocycles. The highest BCUT2D eigenvalue weighted by atomic mass is 32.2. The van der Waals surface area contributed by atoms with Crippen LogP contribution in [-0.2, 0) is 16.7 Å². The normalized spacial score (nSPS) is 11.2. The molecule has 8 heteroatoms. The summed E-state index contributed by atoms with van der Waals surface area (Å²) in [6.45, 7) is 7.41. The lowest BCUT2D eigenvalue weighted by Gasteiger charge is -2.25. The van der Waals surface area contributed by atoms with E-state index in [1.165, 1.54) is 0 Å². The molecule has 0 bridgehead atoms. The highest BCUT2D eigenvalue weighted by Gasteiger charge is 2.16. The van der Waals surface area contributed by atoms with Crippen molar-refractivity contribution in [3.63, 3.8) is 0 Å². The Bertz CT molecular complexity index is 911. The molecule has 0 aliphatic heterocycles. The molecular weight excluding hydrogens is 392 g/mol. The second-order valence-electron chi connectivity index (χ2n) is 7.10. The maximum absolute atomic E-state index is 12.8. The zero-order chi connectivity index (χ0) is 21.4. The predicted octanol–water partition coefficient (Wildman–Crippen LogP) is 4.11. The first-order valence-electron chi connectivity index (χ1n) is 9.43. The van der Waals surface area contributed by atoms with E-state index in [0.29, 0.717) is 25.4 Å². The summed E-state index contributed by atoms with van der Waals surface area (Å²) in [5, 5.41) is 2.89. The molecule has 0 spiro atoms. The fourth-order valence-electron chi connectivity index (χ4n) is 2.75. The third-order valence-electron chi connectivity index (χ3n) is 3.81. The van der Waals surface area contributed by atoms with E-state index in [2.05, 4.69) is 5.32 Å². The number of carbonyl (C=O) groups is 1. The zero-order valence-corrected chi connectivity index (χ0v) is 18.0. The molecule has 2 aromatic rings. The summed E-state index contributed by atoms with van der Waals surface area (Å²) in [4.78, 5) is 14.5. The molecule has 0 aliphatic rings. The number of hydrogen-bond donors (Lipinski definition) is 1. The number of urea groups is 1. The number of ether oxygens (including phenoxy) is 1. The summed E-state index contributed by atoms with van der Waals surface area (Å²) >= 11 is 0. The first kappa shape index (κ1) is 22.5. The van der Waals surface area contributed by atoms with Crippen molar-refractivity contribution in [2.24, 2.45) is 5.92 Å². The highest BCUT2D eigenvalue weighted by Crippen LogP contribution is 2.19. The van der Waals surface area contributed by atoms with Crippen molar-refractivity contribution in [1.82, 2.24) is 4.90 Å². The molecule has 0 heterocycles. The van der Waals surface area contributed by atoms with Crippen LogP contribution < -0.4 is 14.2 Å². The molecule has 2 rings (SSSR count). The Morgan fingerprint density at radius 1 is 1.10 bits per heavy atom. The van der Waals surface area contributed by atoms with Crippen molar-refractivity contribution in [3.8, 4) is 11.5 Å². The van der Waals surface area contributed by atoms with Crippen molar-refractivity contribution >= 4 is 21.8 Å². The number of amides is 2. The van der Waals surface area contributed by atoms with Gasteiger partial charge in [0.15, 0.2) is 0 Å². The number of rotatable bonds is 9. The van der Waals surface area contributed by atoms with E-state index in [4.69, 9.17) is 8.92 Å². The summed E-state index contributed by atoms with van der Waals surface area (Å²) < 4.78 is 33.0. The first-order valence-corrected chi connectivity index (χ1v) is 11.2. The van der Waals surface area contributed by atoms with Gasteiger partial charge in [-0.15, -0.1) is 0 Å². The van der Waals surface area contributed by atoms with Crippen molar-refractivity contribution in [3.05, 3.63) is 54.1 Å². The van der Waals surface area contributed by atoms with Crippen molar-refractivity contribution < 1.29 is 22.1 Å². The second-order valence-corrected chi connectivity index (χ2v) is 8.67. The van der Waals surface area contributed by atoms with Crippen LogP contribution in [0.2, 0.25) is 0 Å². The summed E-state index contributed by atoms with van der Waals surface area (Å²) in [6.07, 6.45) is 0.995. The average Bonchev–Trinajstić information content (AvgIpc) is 2.61. The minimum atomic E-state index is -3.61. The summed E-state index contributed by atoms with van der Waals surface area (Å²) in [5.41, 5.74) is 1.44. The van der Waals surface area contributed by atoms with Crippen LogP contribution in [0.5, 0.6) is 11.5 Å². The number of nitrogens with one attached hydrogen (secondary N) is 1. The van der Waals surface area contributed by atoms with E-state index in [0.717, 1.165) is 17.6 Å². The Hall–Kier alpha value is -2.74. The molecule has 0 radical (unpaired) electrons. The largest absolute Gasteiger partial charge is 0.494 e. The van der Waals surface area contributed by atoms with Gasteiger partial charge in [-0.2, -0.15) is 8.42 Å². The monoisotopic (exact) mass is 420 g/mol. The molecular formula is C21H28N2O5S. The van der Waals surface area contributed by atoms with Gasteiger partial charge in [0.25, 0.3) is 0 Å². The Morgan fingerprint density at radius 2 is 1.79 bits per heavy atom. The predicted molar refractivity (Wildman–Crippen MR) is 114 cm³/mol. The van der Waals surface area contributed by atoms with Crippen LogP contribution in [0.15, 0.2) is 48.5 Å². The van der Waals surface area contributed by atoms with Crippen LogP contribution in [0.1, 0.15) is 26.3 Å². The maximum atomic E-state index is 12.8. The fourth-order valence-corrected chi connectivity index (χ4v) is 3.21. The van der Waals surface area contributed by atoms with E-state index in [-0.39, 0.29) is 17.7 Å². The van der Waals surface area contributed by atoms with Crippen LogP contribution >= 0.6 is 0 Å². The van der Waals surface area contributed by atoms with Gasteiger partial charge >= 0.3 is 16.1 Å². The molecule has 29 heavy (non-hydrogen) atoms. The molecule has 0 saturated carbocycles. The molecule has 2 aromatic carbocycles. The lowest BCUT2D eigenvalue weighted by atomic mass is 10.1. The molecule has 7 nitrogen and oxygen atoms in total. The van der Waals surface area contributed by atoms with E-state index in [1.54, 1.807) is 47.4 Å². The number of hydrogen-bond acceptors (Lipinski definition) is 5. The van der Waals surface area contributed by atoms with Gasteiger partial charge in [0.2, 0.25) is 0 Å². The van der Waals surface area contributed by atoms with Gasteiger partial charge in [0.1, 0.15) is 11.5 Å². The van der Waals surface area contributed by atoms with Crippen LogP contribution in [0.3, 0.4) is 0 Å². The zero-order valence-electron chi connectivity index (χ0n) is 17.2. The van der Waals surface area contributed by atoms with Gasteiger partial charge in [0.05, 0.1) is 12.9 Å².